The molecule has 134 valence electrons. The van der Waals surface area contributed by atoms with Crippen LogP contribution >= 0.6 is 23.4 Å². The number of thioether (sulfide) groups is 1. The summed E-state index contributed by atoms with van der Waals surface area (Å²) < 4.78 is 10.4. The van der Waals surface area contributed by atoms with Gasteiger partial charge in [-0.15, -0.1) is 0 Å². The smallest absolute Gasteiger partial charge is 0.220 e. The van der Waals surface area contributed by atoms with Crippen LogP contribution < -0.4 is 14.9 Å². The van der Waals surface area contributed by atoms with Gasteiger partial charge in [0.2, 0.25) is 11.8 Å². The summed E-state index contributed by atoms with van der Waals surface area (Å²) in [7, 11) is 3.13. The maximum atomic E-state index is 5.87. The largest absolute Gasteiger partial charge is 0.481 e. The van der Waals surface area contributed by atoms with Crippen LogP contribution in [0.1, 0.15) is 13.8 Å². The number of ether oxygens (including phenoxy) is 2. The number of benzene rings is 1. The SMILES string of the molecule is COc1cc(OC)nc(SC(C=NNc2ccc(Cl)cc2)C(C)C)n1. The number of methoxy groups -OCH3 is 2. The molecule has 0 aliphatic rings. The van der Waals surface area contributed by atoms with E-state index in [-0.39, 0.29) is 5.25 Å². The molecule has 0 fully saturated rings. The van der Waals surface area contributed by atoms with E-state index in [9.17, 15) is 0 Å². The molecule has 1 unspecified atom stereocenters. The van der Waals surface area contributed by atoms with Gasteiger partial charge in [-0.1, -0.05) is 37.2 Å². The molecule has 0 saturated heterocycles. The van der Waals surface area contributed by atoms with Crippen molar-refractivity contribution in [2.75, 3.05) is 19.6 Å². The van der Waals surface area contributed by atoms with Crippen molar-refractivity contribution < 1.29 is 9.47 Å². The second-order valence-electron chi connectivity index (χ2n) is 5.46. The Morgan fingerprint density at radius 1 is 1.12 bits per heavy atom. The van der Waals surface area contributed by atoms with Crippen LogP contribution in [0.25, 0.3) is 0 Å². The molecule has 1 aromatic heterocycles. The van der Waals surface area contributed by atoms with Gasteiger partial charge in [0.05, 0.1) is 31.2 Å². The molecule has 0 bridgehead atoms. The van der Waals surface area contributed by atoms with E-state index in [2.05, 4.69) is 34.3 Å². The van der Waals surface area contributed by atoms with Gasteiger partial charge in [0, 0.05) is 11.2 Å². The summed E-state index contributed by atoms with van der Waals surface area (Å²) in [4.78, 5) is 8.70. The molecule has 2 rings (SSSR count). The Kier molecular flexibility index (Phi) is 7.33. The summed E-state index contributed by atoms with van der Waals surface area (Å²) >= 11 is 7.37. The molecule has 1 atom stereocenters. The molecule has 1 N–H and O–H groups in total. The molecule has 6 nitrogen and oxygen atoms in total. The second kappa shape index (κ2) is 9.48. The van der Waals surface area contributed by atoms with Crippen LogP contribution in [0.3, 0.4) is 0 Å². The van der Waals surface area contributed by atoms with E-state index in [4.69, 9.17) is 21.1 Å². The minimum Gasteiger partial charge on any atom is -0.481 e. The lowest BCUT2D eigenvalue weighted by molar-refractivity contribution is 0.364. The van der Waals surface area contributed by atoms with Crippen LogP contribution in [-0.4, -0.2) is 35.7 Å². The lowest BCUT2D eigenvalue weighted by Gasteiger charge is -2.15. The van der Waals surface area contributed by atoms with E-state index in [1.807, 2.05) is 30.5 Å². The highest BCUT2D eigenvalue weighted by molar-refractivity contribution is 8.00. The van der Waals surface area contributed by atoms with Gasteiger partial charge in [-0.05, 0) is 30.2 Å². The summed E-state index contributed by atoms with van der Waals surface area (Å²) in [5, 5.41) is 5.66. The number of anilines is 1. The minimum absolute atomic E-state index is 0.0802. The molecule has 1 heterocycles. The molecule has 25 heavy (non-hydrogen) atoms. The van der Waals surface area contributed by atoms with E-state index < -0.39 is 0 Å². The zero-order valence-electron chi connectivity index (χ0n) is 14.6. The van der Waals surface area contributed by atoms with Crippen LogP contribution in [0.2, 0.25) is 5.02 Å². The molecule has 0 aliphatic heterocycles. The summed E-state index contributed by atoms with van der Waals surface area (Å²) in [5.74, 6) is 1.27. The number of nitrogens with zero attached hydrogens (tertiary/aromatic N) is 3. The Morgan fingerprint density at radius 2 is 1.72 bits per heavy atom. The number of hydrazone groups is 1. The number of hydrogen-bond acceptors (Lipinski definition) is 7. The van der Waals surface area contributed by atoms with Crippen molar-refractivity contribution in [2.45, 2.75) is 24.3 Å². The first-order valence-electron chi connectivity index (χ1n) is 7.70. The molecule has 0 aliphatic carbocycles. The van der Waals surface area contributed by atoms with Crippen LogP contribution in [-0.2, 0) is 0 Å². The summed E-state index contributed by atoms with van der Waals surface area (Å²) in [6, 6.07) is 9.00. The van der Waals surface area contributed by atoms with Crippen molar-refractivity contribution in [2.24, 2.45) is 11.0 Å². The van der Waals surface area contributed by atoms with Crippen LogP contribution in [0, 0.1) is 5.92 Å². The molecule has 8 heteroatoms. The second-order valence-corrected chi connectivity index (χ2v) is 7.04. The lowest BCUT2D eigenvalue weighted by Crippen LogP contribution is -2.14. The van der Waals surface area contributed by atoms with Crippen molar-refractivity contribution in [1.29, 1.82) is 0 Å². The van der Waals surface area contributed by atoms with Gasteiger partial charge in [0.1, 0.15) is 0 Å². The van der Waals surface area contributed by atoms with Crippen molar-refractivity contribution in [3.8, 4) is 11.8 Å². The standard InChI is InChI=1S/C17H21ClN4O2S/c1-11(2)14(10-19-22-13-7-5-12(18)6-8-13)25-17-20-15(23-3)9-16(21-17)24-4/h5-11,14,22H,1-4H3. The first-order chi connectivity index (χ1) is 12.0. The van der Waals surface area contributed by atoms with Gasteiger partial charge in [-0.25, -0.2) is 0 Å². The molecular formula is C17H21ClN4O2S. The van der Waals surface area contributed by atoms with E-state index in [0.717, 1.165) is 5.69 Å². The Bertz CT molecular complexity index is 688. The topological polar surface area (TPSA) is 68.6 Å². The van der Waals surface area contributed by atoms with Crippen LogP contribution in [0.4, 0.5) is 5.69 Å². The Morgan fingerprint density at radius 3 is 2.24 bits per heavy atom. The fraction of sp³-hybridized carbons (Fsp3) is 0.353. The molecule has 0 amide bonds. The van der Waals surface area contributed by atoms with E-state index in [0.29, 0.717) is 27.9 Å². The van der Waals surface area contributed by atoms with E-state index in [1.54, 1.807) is 20.3 Å². The molecule has 0 radical (unpaired) electrons. The maximum Gasteiger partial charge on any atom is 0.220 e. The molecular weight excluding hydrogens is 360 g/mol. The predicted molar refractivity (Wildman–Crippen MR) is 103 cm³/mol. The van der Waals surface area contributed by atoms with Gasteiger partial charge in [0.25, 0.3) is 0 Å². The van der Waals surface area contributed by atoms with Crippen molar-refractivity contribution in [3.63, 3.8) is 0 Å². The summed E-state index contributed by atoms with van der Waals surface area (Å²) in [5.41, 5.74) is 3.86. The van der Waals surface area contributed by atoms with Gasteiger partial charge < -0.3 is 9.47 Å². The molecule has 0 saturated carbocycles. The number of hydrogen-bond donors (Lipinski definition) is 1. The number of halogens is 1. The monoisotopic (exact) mass is 380 g/mol. The lowest BCUT2D eigenvalue weighted by atomic mass is 10.1. The third kappa shape index (κ3) is 6.10. The average molecular weight is 381 g/mol. The Hall–Kier alpha value is -1.99. The quantitative estimate of drug-likeness (QED) is 0.317. The van der Waals surface area contributed by atoms with Gasteiger partial charge >= 0.3 is 0 Å². The molecule has 2 aromatic rings. The third-order valence-electron chi connectivity index (χ3n) is 3.23. The summed E-state index contributed by atoms with van der Waals surface area (Å²) in [6.07, 6.45) is 1.85. The Labute approximate surface area is 157 Å². The van der Waals surface area contributed by atoms with E-state index in [1.165, 1.54) is 11.8 Å². The first-order valence-corrected chi connectivity index (χ1v) is 8.96. The summed E-state index contributed by atoms with van der Waals surface area (Å²) in [6.45, 7) is 4.23. The highest BCUT2D eigenvalue weighted by Crippen LogP contribution is 2.28. The zero-order chi connectivity index (χ0) is 18.2. The highest BCUT2D eigenvalue weighted by atomic mass is 35.5. The predicted octanol–water partition coefficient (Wildman–Crippen LogP) is 4.36. The van der Waals surface area contributed by atoms with Gasteiger partial charge in [-0.3, -0.25) is 5.43 Å². The fourth-order valence-corrected chi connectivity index (χ4v) is 2.86. The van der Waals surface area contributed by atoms with Crippen LogP contribution in [0.15, 0.2) is 40.6 Å². The Balaban J connectivity index is 2.07. The number of aromatic nitrogens is 2. The number of rotatable bonds is 8. The maximum absolute atomic E-state index is 5.87. The molecule has 0 spiro atoms. The van der Waals surface area contributed by atoms with E-state index >= 15 is 0 Å². The van der Waals surface area contributed by atoms with Crippen LogP contribution in [0.5, 0.6) is 11.8 Å². The first kappa shape index (κ1) is 19.3. The third-order valence-corrected chi connectivity index (χ3v) is 4.82. The highest BCUT2D eigenvalue weighted by Gasteiger charge is 2.16. The molecule has 1 aromatic carbocycles. The van der Waals surface area contributed by atoms with Crippen molar-refractivity contribution in [1.82, 2.24) is 9.97 Å². The van der Waals surface area contributed by atoms with Crippen molar-refractivity contribution >= 4 is 35.3 Å². The minimum atomic E-state index is 0.0802. The average Bonchev–Trinajstić information content (AvgIpc) is 2.62. The van der Waals surface area contributed by atoms with Gasteiger partial charge in [0.15, 0.2) is 5.16 Å². The number of nitrogens with one attached hydrogen (secondary N) is 1. The zero-order valence-corrected chi connectivity index (χ0v) is 16.1. The van der Waals surface area contributed by atoms with Gasteiger partial charge in [-0.2, -0.15) is 15.1 Å². The fourth-order valence-electron chi connectivity index (χ4n) is 1.82. The normalized spacial score (nSPS) is 12.4. The van der Waals surface area contributed by atoms with Crippen molar-refractivity contribution in [3.05, 3.63) is 35.4 Å².